The summed E-state index contributed by atoms with van der Waals surface area (Å²) in [7, 11) is 0. The van der Waals surface area contributed by atoms with Crippen molar-refractivity contribution in [2.45, 2.75) is 50.9 Å². The molecular weight excluding hydrogens is 549 g/mol. The summed E-state index contributed by atoms with van der Waals surface area (Å²) in [6.45, 7) is 4.11. The Hall–Kier alpha value is -2.56. The van der Waals surface area contributed by atoms with E-state index in [9.17, 15) is 23.1 Å². The highest BCUT2D eigenvalue weighted by atomic mass is 79.9. The molecule has 1 N–H and O–H groups in total. The molecule has 0 spiro atoms. The van der Waals surface area contributed by atoms with E-state index in [0.717, 1.165) is 51.2 Å². The van der Waals surface area contributed by atoms with Crippen molar-refractivity contribution in [1.29, 1.82) is 0 Å². The number of piperidine rings is 2. The maximum absolute atomic E-state index is 13.5. The van der Waals surface area contributed by atoms with Crippen molar-refractivity contribution in [2.24, 2.45) is 0 Å². The lowest BCUT2D eigenvalue weighted by atomic mass is 9.95. The number of pyridine rings is 2. The minimum Gasteiger partial charge on any atom is -0.478 e. The van der Waals surface area contributed by atoms with Crippen LogP contribution in [0.25, 0.3) is 22.3 Å². The van der Waals surface area contributed by atoms with Crippen LogP contribution in [0.15, 0.2) is 41.0 Å². The molecule has 196 valence electrons. The Bertz CT molecular complexity index is 1300. The van der Waals surface area contributed by atoms with Gasteiger partial charge in [0.15, 0.2) is 0 Å². The van der Waals surface area contributed by atoms with Gasteiger partial charge >= 0.3 is 12.1 Å². The molecule has 0 radical (unpaired) electrons. The molecule has 10 heteroatoms. The summed E-state index contributed by atoms with van der Waals surface area (Å²) in [4.78, 5) is 26.3. The Balaban J connectivity index is 1.54. The smallest absolute Gasteiger partial charge is 0.416 e. The number of halogens is 4. The number of rotatable bonds is 5. The molecule has 4 heterocycles. The van der Waals surface area contributed by atoms with E-state index in [4.69, 9.17) is 0 Å². The van der Waals surface area contributed by atoms with Gasteiger partial charge in [-0.2, -0.15) is 13.2 Å². The maximum Gasteiger partial charge on any atom is 0.416 e. The first-order valence-electron chi connectivity index (χ1n) is 12.6. The van der Waals surface area contributed by atoms with Gasteiger partial charge in [-0.05, 0) is 86.0 Å². The number of benzene rings is 1. The number of carboxylic acids is 1. The van der Waals surface area contributed by atoms with Crippen molar-refractivity contribution in [2.75, 3.05) is 26.2 Å². The summed E-state index contributed by atoms with van der Waals surface area (Å²) >= 11 is 3.34. The first-order valence-corrected chi connectivity index (χ1v) is 13.4. The van der Waals surface area contributed by atoms with Crippen LogP contribution in [0, 0.1) is 0 Å². The number of hydrogen-bond acceptors (Lipinski definition) is 5. The topological polar surface area (TPSA) is 69.6 Å². The third-order valence-corrected chi connectivity index (χ3v) is 7.85. The minimum atomic E-state index is -4.52. The lowest BCUT2D eigenvalue weighted by Crippen LogP contribution is -2.46. The first kappa shape index (κ1) is 26.1. The highest BCUT2D eigenvalue weighted by Gasteiger charge is 2.32. The zero-order valence-corrected chi connectivity index (χ0v) is 21.9. The summed E-state index contributed by atoms with van der Waals surface area (Å²) in [5.74, 6) is -1.17. The average Bonchev–Trinajstić information content (AvgIpc) is 2.88. The van der Waals surface area contributed by atoms with Crippen LogP contribution in [-0.4, -0.2) is 63.1 Å². The zero-order valence-electron chi connectivity index (χ0n) is 20.3. The van der Waals surface area contributed by atoms with Gasteiger partial charge in [0.1, 0.15) is 5.52 Å². The number of likely N-dealkylation sites (tertiary alicyclic amines) is 2. The molecule has 2 aliphatic rings. The fraction of sp³-hybridized carbons (Fsp3) is 0.444. The van der Waals surface area contributed by atoms with Crippen LogP contribution < -0.4 is 0 Å². The SMILES string of the molecule is O=C(O)c1c(CN2CCC(N3CCCCC3)CC2)c(-c2cccc(C(F)(F)F)c2)nc2cc(Br)cnc12. The molecule has 3 aromatic rings. The van der Waals surface area contributed by atoms with Gasteiger partial charge in [-0.15, -0.1) is 0 Å². The van der Waals surface area contributed by atoms with Gasteiger partial charge in [-0.25, -0.2) is 9.78 Å². The molecule has 2 aliphatic heterocycles. The third-order valence-electron chi connectivity index (χ3n) is 7.41. The Morgan fingerprint density at radius 3 is 2.49 bits per heavy atom. The van der Waals surface area contributed by atoms with Crippen molar-refractivity contribution in [3.05, 3.63) is 57.7 Å². The van der Waals surface area contributed by atoms with Crippen LogP contribution in [0.2, 0.25) is 0 Å². The Morgan fingerprint density at radius 1 is 1.08 bits per heavy atom. The van der Waals surface area contributed by atoms with Gasteiger partial charge in [0, 0.05) is 34.4 Å². The van der Waals surface area contributed by atoms with E-state index in [2.05, 4.69) is 35.7 Å². The van der Waals surface area contributed by atoms with E-state index in [1.165, 1.54) is 31.5 Å². The molecule has 5 rings (SSSR count). The molecule has 0 unspecified atom stereocenters. The molecule has 0 aliphatic carbocycles. The molecule has 0 amide bonds. The number of carboxylic acid groups (broad SMARTS) is 1. The molecule has 6 nitrogen and oxygen atoms in total. The molecule has 1 aromatic carbocycles. The number of aromatic carboxylic acids is 1. The van der Waals surface area contributed by atoms with Crippen LogP contribution in [0.3, 0.4) is 0 Å². The molecule has 37 heavy (non-hydrogen) atoms. The fourth-order valence-corrected chi connectivity index (χ4v) is 5.89. The lowest BCUT2D eigenvalue weighted by molar-refractivity contribution is -0.137. The maximum atomic E-state index is 13.5. The molecule has 2 aromatic heterocycles. The van der Waals surface area contributed by atoms with Crippen molar-refractivity contribution >= 4 is 32.9 Å². The standard InChI is InChI=1S/C27H28BrF3N4O2/c28-19-14-22-25(32-15-19)23(26(36)37)21(24(33-22)17-5-4-6-18(13-17)27(29,30)31)16-34-11-7-20(8-12-34)35-9-2-1-3-10-35/h4-6,13-15,20H,1-3,7-12,16H2,(H,36,37). The number of nitrogens with zero attached hydrogens (tertiary/aromatic N) is 4. The van der Waals surface area contributed by atoms with Crippen molar-refractivity contribution in [1.82, 2.24) is 19.8 Å². The number of carbonyl (C=O) groups is 1. The fourth-order valence-electron chi connectivity index (χ4n) is 5.57. The van der Waals surface area contributed by atoms with Crippen molar-refractivity contribution < 1.29 is 23.1 Å². The summed E-state index contributed by atoms with van der Waals surface area (Å²) in [6.07, 6.45) is 2.69. The van der Waals surface area contributed by atoms with Crippen LogP contribution in [-0.2, 0) is 12.7 Å². The van der Waals surface area contributed by atoms with E-state index < -0.39 is 17.7 Å². The summed E-state index contributed by atoms with van der Waals surface area (Å²) in [6, 6.07) is 7.08. The minimum absolute atomic E-state index is 0.0111. The van der Waals surface area contributed by atoms with Crippen LogP contribution >= 0.6 is 15.9 Å². The summed E-state index contributed by atoms with van der Waals surface area (Å²) in [5.41, 5.74) is 0.598. The Labute approximate surface area is 221 Å². The van der Waals surface area contributed by atoms with E-state index in [-0.39, 0.29) is 28.9 Å². The van der Waals surface area contributed by atoms with Gasteiger partial charge in [0.2, 0.25) is 0 Å². The zero-order chi connectivity index (χ0) is 26.2. The molecule has 0 saturated carbocycles. The predicted octanol–water partition coefficient (Wildman–Crippen LogP) is 6.23. The second-order valence-electron chi connectivity index (χ2n) is 9.82. The normalized spacial score (nSPS) is 18.4. The predicted molar refractivity (Wildman–Crippen MR) is 138 cm³/mol. The highest BCUT2D eigenvalue weighted by Crippen LogP contribution is 2.36. The largest absolute Gasteiger partial charge is 0.478 e. The van der Waals surface area contributed by atoms with Crippen LogP contribution in [0.1, 0.15) is 53.6 Å². The molecule has 0 bridgehead atoms. The number of aromatic nitrogens is 2. The first-order chi connectivity index (χ1) is 17.7. The van der Waals surface area contributed by atoms with Crippen LogP contribution in [0.5, 0.6) is 0 Å². The number of alkyl halides is 3. The highest BCUT2D eigenvalue weighted by molar-refractivity contribution is 9.10. The van der Waals surface area contributed by atoms with E-state index in [1.54, 1.807) is 12.1 Å². The monoisotopic (exact) mass is 576 g/mol. The van der Waals surface area contributed by atoms with Crippen LogP contribution in [0.4, 0.5) is 13.2 Å². The Kier molecular flexibility index (Phi) is 7.51. The molecular formula is C27H28BrF3N4O2. The van der Waals surface area contributed by atoms with Gasteiger partial charge in [-0.1, -0.05) is 18.6 Å². The van der Waals surface area contributed by atoms with Gasteiger partial charge in [0.05, 0.1) is 22.3 Å². The number of fused-ring (bicyclic) bond motifs is 1. The summed E-state index contributed by atoms with van der Waals surface area (Å²) in [5, 5.41) is 10.2. The van der Waals surface area contributed by atoms with E-state index in [1.807, 2.05) is 0 Å². The lowest BCUT2D eigenvalue weighted by Gasteiger charge is -2.40. The van der Waals surface area contributed by atoms with Gasteiger partial charge in [-0.3, -0.25) is 9.88 Å². The van der Waals surface area contributed by atoms with E-state index in [0.29, 0.717) is 21.6 Å². The number of hydrogen-bond donors (Lipinski definition) is 1. The second-order valence-corrected chi connectivity index (χ2v) is 10.7. The van der Waals surface area contributed by atoms with E-state index >= 15 is 0 Å². The second kappa shape index (κ2) is 10.7. The molecule has 2 fully saturated rings. The molecule has 0 atom stereocenters. The third kappa shape index (κ3) is 5.66. The van der Waals surface area contributed by atoms with Crippen molar-refractivity contribution in [3.63, 3.8) is 0 Å². The van der Waals surface area contributed by atoms with Crippen molar-refractivity contribution in [3.8, 4) is 11.3 Å². The van der Waals surface area contributed by atoms with Gasteiger partial charge < -0.3 is 10.0 Å². The van der Waals surface area contributed by atoms with Gasteiger partial charge in [0.25, 0.3) is 0 Å². The Morgan fingerprint density at radius 2 is 1.81 bits per heavy atom. The quantitative estimate of drug-likeness (QED) is 0.388. The average molecular weight is 577 g/mol. The molecule has 2 saturated heterocycles. The summed E-state index contributed by atoms with van der Waals surface area (Å²) < 4.78 is 41.2.